The second-order valence-corrected chi connectivity index (χ2v) is 10.6. The molecule has 3 aromatic carbocycles. The van der Waals surface area contributed by atoms with E-state index >= 15 is 0 Å². The van der Waals surface area contributed by atoms with Crippen LogP contribution in [0.25, 0.3) is 0 Å². The molecule has 1 saturated heterocycles. The first-order chi connectivity index (χ1) is 17.3. The van der Waals surface area contributed by atoms with Gasteiger partial charge in [0.1, 0.15) is 5.82 Å². The van der Waals surface area contributed by atoms with Gasteiger partial charge in [0.25, 0.3) is 5.91 Å². The van der Waals surface area contributed by atoms with E-state index in [0.717, 1.165) is 30.8 Å². The van der Waals surface area contributed by atoms with E-state index in [1.165, 1.54) is 11.3 Å². The van der Waals surface area contributed by atoms with Crippen LogP contribution in [0, 0.1) is 17.7 Å². The molecule has 190 valence electrons. The predicted molar refractivity (Wildman–Crippen MR) is 146 cm³/mol. The summed E-state index contributed by atoms with van der Waals surface area (Å²) in [5, 5.41) is 0. The molecule has 0 saturated carbocycles. The van der Waals surface area contributed by atoms with Gasteiger partial charge in [0.2, 0.25) is 0 Å². The van der Waals surface area contributed by atoms with Crippen molar-refractivity contribution in [3.63, 3.8) is 0 Å². The van der Waals surface area contributed by atoms with Crippen LogP contribution >= 0.6 is 0 Å². The van der Waals surface area contributed by atoms with Gasteiger partial charge in [-0.05, 0) is 59.4 Å². The lowest BCUT2D eigenvalue weighted by molar-refractivity contribution is 0.0703. The Bertz CT molecular complexity index is 1110. The van der Waals surface area contributed by atoms with E-state index in [1.807, 2.05) is 61.5 Å². The fraction of sp³-hybridized carbons (Fsp3) is 0.387. The number of carbonyl (C=O) groups is 1. The summed E-state index contributed by atoms with van der Waals surface area (Å²) in [6.45, 7) is 8.35. The van der Waals surface area contributed by atoms with Gasteiger partial charge in [-0.15, -0.1) is 0 Å². The molecule has 0 N–H and O–H groups in total. The standard InChI is InChI=1S/C31H38FN3O/c1-23(2)18-35(31(36)26-8-6-5-7-9-26)21-27-20-34(19-24-10-16-29(17-11-24)33(3)4)22-30(27)25-12-14-28(32)15-13-25/h5-17,23,27,30H,18-22H2,1-4H3/t27-,30+/m0/s1. The molecule has 1 amide bonds. The predicted octanol–water partition coefficient (Wildman–Crippen LogP) is 5.91. The summed E-state index contributed by atoms with van der Waals surface area (Å²) in [5.74, 6) is 0.745. The molecule has 0 unspecified atom stereocenters. The SMILES string of the molecule is CC(C)CN(C[C@@H]1CN(Cc2ccc(N(C)C)cc2)C[C@@H]1c1ccc(F)cc1)C(=O)c1ccccc1. The summed E-state index contributed by atoms with van der Waals surface area (Å²) >= 11 is 0. The first kappa shape index (κ1) is 25.9. The van der Waals surface area contributed by atoms with Crippen molar-refractivity contribution in [1.29, 1.82) is 0 Å². The molecule has 1 fully saturated rings. The summed E-state index contributed by atoms with van der Waals surface area (Å²) in [6.07, 6.45) is 0. The average Bonchev–Trinajstić information content (AvgIpc) is 3.26. The number of hydrogen-bond acceptors (Lipinski definition) is 3. The van der Waals surface area contributed by atoms with Crippen molar-refractivity contribution in [2.75, 3.05) is 45.2 Å². The summed E-state index contributed by atoms with van der Waals surface area (Å²) in [7, 11) is 4.10. The molecule has 1 aliphatic rings. The van der Waals surface area contributed by atoms with Crippen molar-refractivity contribution in [2.45, 2.75) is 26.3 Å². The van der Waals surface area contributed by atoms with E-state index in [1.54, 1.807) is 12.1 Å². The molecular weight excluding hydrogens is 449 g/mol. The minimum absolute atomic E-state index is 0.0832. The average molecular weight is 488 g/mol. The number of benzene rings is 3. The monoisotopic (exact) mass is 487 g/mol. The molecule has 0 aliphatic carbocycles. The molecule has 0 radical (unpaired) electrons. The fourth-order valence-electron chi connectivity index (χ4n) is 5.25. The third-order valence-electron chi connectivity index (χ3n) is 7.02. The molecule has 4 nitrogen and oxygen atoms in total. The quantitative estimate of drug-likeness (QED) is 0.376. The Morgan fingerprint density at radius 2 is 1.61 bits per heavy atom. The van der Waals surface area contributed by atoms with Gasteiger partial charge in [-0.2, -0.15) is 0 Å². The van der Waals surface area contributed by atoms with Crippen LogP contribution in [0.4, 0.5) is 10.1 Å². The highest BCUT2D eigenvalue weighted by atomic mass is 19.1. The highest BCUT2D eigenvalue weighted by molar-refractivity contribution is 5.94. The molecule has 0 bridgehead atoms. The van der Waals surface area contributed by atoms with E-state index in [-0.39, 0.29) is 23.6 Å². The molecule has 4 rings (SSSR count). The second-order valence-electron chi connectivity index (χ2n) is 10.6. The third kappa shape index (κ3) is 6.52. The van der Waals surface area contributed by atoms with Crippen LogP contribution in [0.3, 0.4) is 0 Å². The summed E-state index contributed by atoms with van der Waals surface area (Å²) in [4.78, 5) is 20.1. The maximum atomic E-state index is 13.7. The van der Waals surface area contributed by atoms with Crippen LogP contribution in [-0.4, -0.2) is 56.0 Å². The van der Waals surface area contributed by atoms with E-state index < -0.39 is 0 Å². The zero-order valence-electron chi connectivity index (χ0n) is 21.9. The molecule has 2 atom stereocenters. The number of nitrogens with zero attached hydrogens (tertiary/aromatic N) is 3. The van der Waals surface area contributed by atoms with E-state index in [0.29, 0.717) is 19.0 Å². The molecule has 5 heteroatoms. The fourth-order valence-corrected chi connectivity index (χ4v) is 5.25. The lowest BCUT2D eigenvalue weighted by atomic mass is 9.88. The molecule has 0 spiro atoms. The molecular formula is C31H38FN3O. The Hall–Kier alpha value is -3.18. The lowest BCUT2D eigenvalue weighted by Crippen LogP contribution is -2.39. The van der Waals surface area contributed by atoms with Crippen LogP contribution in [0.5, 0.6) is 0 Å². The van der Waals surface area contributed by atoms with Crippen molar-refractivity contribution in [3.8, 4) is 0 Å². The number of anilines is 1. The Balaban J connectivity index is 1.56. The van der Waals surface area contributed by atoms with Gasteiger partial charge < -0.3 is 9.80 Å². The van der Waals surface area contributed by atoms with Crippen molar-refractivity contribution >= 4 is 11.6 Å². The van der Waals surface area contributed by atoms with Crippen LogP contribution in [0.1, 0.15) is 41.3 Å². The second kappa shape index (κ2) is 11.7. The first-order valence-electron chi connectivity index (χ1n) is 12.9. The normalized spacial score (nSPS) is 17.9. The van der Waals surface area contributed by atoms with Gasteiger partial charge in [0, 0.05) is 64.0 Å². The smallest absolute Gasteiger partial charge is 0.253 e. The van der Waals surface area contributed by atoms with E-state index in [9.17, 15) is 9.18 Å². The molecule has 1 aliphatic heterocycles. The maximum Gasteiger partial charge on any atom is 0.253 e. The summed E-state index contributed by atoms with van der Waals surface area (Å²) in [5.41, 5.74) is 4.33. The van der Waals surface area contributed by atoms with Gasteiger partial charge >= 0.3 is 0 Å². The Kier molecular flexibility index (Phi) is 8.42. The number of amides is 1. The number of carbonyl (C=O) groups excluding carboxylic acids is 1. The van der Waals surface area contributed by atoms with Crippen molar-refractivity contribution in [2.24, 2.45) is 11.8 Å². The maximum absolute atomic E-state index is 13.7. The van der Waals surface area contributed by atoms with Gasteiger partial charge in [-0.3, -0.25) is 9.69 Å². The zero-order valence-corrected chi connectivity index (χ0v) is 21.9. The van der Waals surface area contributed by atoms with Crippen molar-refractivity contribution in [1.82, 2.24) is 9.80 Å². The van der Waals surface area contributed by atoms with E-state index in [2.05, 4.69) is 47.9 Å². The molecule has 3 aromatic rings. The van der Waals surface area contributed by atoms with Crippen LogP contribution in [0.2, 0.25) is 0 Å². The van der Waals surface area contributed by atoms with E-state index in [4.69, 9.17) is 0 Å². The summed E-state index contributed by atoms with van der Waals surface area (Å²) < 4.78 is 13.7. The van der Waals surface area contributed by atoms with Crippen LogP contribution in [0.15, 0.2) is 78.9 Å². The highest BCUT2D eigenvalue weighted by Crippen LogP contribution is 2.35. The summed E-state index contributed by atoms with van der Waals surface area (Å²) in [6, 6.07) is 25.2. The number of halogens is 1. The Labute approximate surface area is 215 Å². The van der Waals surface area contributed by atoms with Gasteiger partial charge in [0.05, 0.1) is 0 Å². The minimum Gasteiger partial charge on any atom is -0.378 e. The van der Waals surface area contributed by atoms with Crippen LogP contribution in [-0.2, 0) is 6.54 Å². The van der Waals surface area contributed by atoms with Crippen LogP contribution < -0.4 is 4.90 Å². The Morgan fingerprint density at radius 1 is 0.944 bits per heavy atom. The third-order valence-corrected chi connectivity index (χ3v) is 7.02. The Morgan fingerprint density at radius 3 is 2.22 bits per heavy atom. The topological polar surface area (TPSA) is 26.8 Å². The van der Waals surface area contributed by atoms with Crippen molar-refractivity contribution in [3.05, 3.63) is 101 Å². The minimum atomic E-state index is -0.216. The van der Waals surface area contributed by atoms with Crippen molar-refractivity contribution < 1.29 is 9.18 Å². The van der Waals surface area contributed by atoms with Gasteiger partial charge in [-0.25, -0.2) is 4.39 Å². The first-order valence-corrected chi connectivity index (χ1v) is 12.9. The highest BCUT2D eigenvalue weighted by Gasteiger charge is 2.36. The zero-order chi connectivity index (χ0) is 25.7. The van der Waals surface area contributed by atoms with Gasteiger partial charge in [-0.1, -0.05) is 56.3 Å². The molecule has 0 aromatic heterocycles. The number of rotatable bonds is 9. The van der Waals surface area contributed by atoms with Gasteiger partial charge in [0.15, 0.2) is 0 Å². The lowest BCUT2D eigenvalue weighted by Gasteiger charge is -2.30. The number of hydrogen-bond donors (Lipinski definition) is 0. The number of likely N-dealkylation sites (tertiary alicyclic amines) is 1. The largest absolute Gasteiger partial charge is 0.378 e. The molecule has 1 heterocycles. The molecule has 36 heavy (non-hydrogen) atoms.